The van der Waals surface area contributed by atoms with E-state index in [2.05, 4.69) is 52.8 Å². The van der Waals surface area contributed by atoms with Crippen LogP contribution in [0.2, 0.25) is 0 Å². The van der Waals surface area contributed by atoms with Crippen molar-refractivity contribution in [1.82, 2.24) is 4.98 Å². The van der Waals surface area contributed by atoms with Gasteiger partial charge in [-0.1, -0.05) is 115 Å². The minimum Gasteiger partial charge on any atom is -1.00 e. The highest BCUT2D eigenvalue weighted by Gasteiger charge is 2.17. The maximum atomic E-state index is 13.1. The Balaban J connectivity index is 0.00000529. The van der Waals surface area contributed by atoms with Gasteiger partial charge in [-0.25, -0.2) is 4.98 Å². The molecule has 2 heterocycles. The molecule has 4 aromatic rings. The summed E-state index contributed by atoms with van der Waals surface area (Å²) in [6, 6.07) is 22.7. The molecular weight excluding hydrogens is 610 g/mol. The molecule has 5 nitrogen and oxygen atoms in total. The van der Waals surface area contributed by atoms with Gasteiger partial charge in [0.25, 0.3) is 5.82 Å². The van der Waals surface area contributed by atoms with Gasteiger partial charge in [-0.2, -0.15) is 4.40 Å². The summed E-state index contributed by atoms with van der Waals surface area (Å²) in [6.45, 7) is 5.47. The fraction of sp³-hybridized carbons (Fsp3) is 0.474. The zero-order valence-electron chi connectivity index (χ0n) is 26.9. The van der Waals surface area contributed by atoms with Crippen LogP contribution in [0.25, 0.3) is 5.52 Å². The Kier molecular flexibility index (Phi) is 16.1. The molecule has 0 bridgehead atoms. The molecule has 2 aromatic heterocycles. The first-order valence-corrected chi connectivity index (χ1v) is 16.8. The van der Waals surface area contributed by atoms with E-state index in [1.54, 1.807) is 0 Å². The minimum atomic E-state index is 0. The number of H-pyrrole nitrogens is 1. The van der Waals surface area contributed by atoms with Crippen molar-refractivity contribution in [2.24, 2.45) is 0 Å². The Bertz CT molecular complexity index is 1390. The van der Waals surface area contributed by atoms with Crippen LogP contribution in [0.1, 0.15) is 114 Å². The molecule has 0 unspecified atom stereocenters. The van der Waals surface area contributed by atoms with E-state index in [-0.39, 0.29) is 22.9 Å². The number of imidazole rings is 1. The van der Waals surface area contributed by atoms with Gasteiger partial charge in [-0.05, 0) is 53.9 Å². The van der Waals surface area contributed by atoms with E-state index in [9.17, 15) is 4.79 Å². The van der Waals surface area contributed by atoms with Gasteiger partial charge >= 0.3 is 0 Å². The van der Waals surface area contributed by atoms with Crippen molar-refractivity contribution in [3.63, 3.8) is 0 Å². The van der Waals surface area contributed by atoms with Gasteiger partial charge in [-0.15, -0.1) is 0 Å². The lowest BCUT2D eigenvalue weighted by Gasteiger charge is -2.23. The van der Waals surface area contributed by atoms with Crippen molar-refractivity contribution in [2.45, 2.75) is 110 Å². The summed E-state index contributed by atoms with van der Waals surface area (Å²) >= 11 is 0. The molecule has 2 aromatic carbocycles. The summed E-state index contributed by atoms with van der Waals surface area (Å²) in [7, 11) is 0. The lowest BCUT2D eigenvalue weighted by atomic mass is 10.1. The third kappa shape index (κ3) is 11.4. The Labute approximate surface area is 275 Å². The zero-order valence-corrected chi connectivity index (χ0v) is 28.5. The summed E-state index contributed by atoms with van der Waals surface area (Å²) in [6.07, 6.45) is 21.4. The van der Waals surface area contributed by atoms with Crippen LogP contribution in [0.15, 0.2) is 79.1 Å². The highest BCUT2D eigenvalue weighted by atomic mass is 79.9. The quantitative estimate of drug-likeness (QED) is 0.0884. The van der Waals surface area contributed by atoms with Gasteiger partial charge in [-0.3, -0.25) is 4.79 Å². The van der Waals surface area contributed by atoms with Crippen LogP contribution in [-0.2, 0) is 17.8 Å². The molecular formula is C38H52BrN3O2. The average molecular weight is 663 g/mol. The van der Waals surface area contributed by atoms with Crippen LogP contribution in [0.5, 0.6) is 5.75 Å². The first-order chi connectivity index (χ1) is 21.2. The second-order valence-electron chi connectivity index (χ2n) is 11.8. The summed E-state index contributed by atoms with van der Waals surface area (Å²) < 4.78 is 8.29. The SMILES string of the molecule is CCCCCCCCCCCCCCOc1cccc(CN(C(=O)CC)c2cccc(Cc3[nH]cc4cccc[n+]34)c2)c1.[Br-]. The van der Waals surface area contributed by atoms with E-state index in [1.165, 1.54) is 70.6 Å². The summed E-state index contributed by atoms with van der Waals surface area (Å²) in [4.78, 5) is 18.4. The number of nitrogens with zero attached hydrogens (tertiary/aromatic N) is 2. The number of nitrogens with one attached hydrogen (secondary N) is 1. The van der Waals surface area contributed by atoms with Crippen molar-refractivity contribution in [3.05, 3.63) is 96.1 Å². The van der Waals surface area contributed by atoms with Crippen LogP contribution in [0, 0.1) is 0 Å². The molecule has 0 atom stereocenters. The number of anilines is 1. The van der Waals surface area contributed by atoms with E-state index < -0.39 is 0 Å². The number of hydrogen-bond acceptors (Lipinski definition) is 2. The minimum absolute atomic E-state index is 0. The van der Waals surface area contributed by atoms with Gasteiger partial charge in [0.05, 0.1) is 25.8 Å². The van der Waals surface area contributed by atoms with Gasteiger partial charge in [0.2, 0.25) is 5.91 Å². The number of fused-ring (bicyclic) bond motifs is 1. The highest BCUT2D eigenvalue weighted by molar-refractivity contribution is 5.93. The van der Waals surface area contributed by atoms with Crippen LogP contribution in [0.4, 0.5) is 5.69 Å². The van der Waals surface area contributed by atoms with Crippen molar-refractivity contribution in [2.75, 3.05) is 11.5 Å². The largest absolute Gasteiger partial charge is 1.00 e. The predicted molar refractivity (Wildman–Crippen MR) is 178 cm³/mol. The van der Waals surface area contributed by atoms with Crippen molar-refractivity contribution < 1.29 is 30.9 Å². The third-order valence-electron chi connectivity index (χ3n) is 8.27. The average Bonchev–Trinajstić information content (AvgIpc) is 3.44. The number of rotatable bonds is 20. The summed E-state index contributed by atoms with van der Waals surface area (Å²) in [5, 5.41) is 0. The van der Waals surface area contributed by atoms with E-state index >= 15 is 0 Å². The van der Waals surface area contributed by atoms with Gasteiger partial charge < -0.3 is 26.6 Å². The monoisotopic (exact) mass is 661 g/mol. The maximum Gasteiger partial charge on any atom is 0.263 e. The number of unbranched alkanes of at least 4 members (excludes halogenated alkanes) is 11. The number of aromatic nitrogens is 2. The number of amides is 1. The van der Waals surface area contributed by atoms with Crippen molar-refractivity contribution in [1.29, 1.82) is 0 Å². The van der Waals surface area contributed by atoms with E-state index in [0.717, 1.165) is 53.4 Å². The van der Waals surface area contributed by atoms with Crippen molar-refractivity contribution in [3.8, 4) is 5.75 Å². The topological polar surface area (TPSA) is 49.4 Å². The number of carbonyl (C=O) groups is 1. The molecule has 0 saturated heterocycles. The molecule has 0 aliphatic carbocycles. The second-order valence-corrected chi connectivity index (χ2v) is 11.8. The van der Waals surface area contributed by atoms with Crippen LogP contribution >= 0.6 is 0 Å². The van der Waals surface area contributed by atoms with Crippen LogP contribution in [0.3, 0.4) is 0 Å². The molecule has 1 amide bonds. The molecule has 1 N–H and O–H groups in total. The van der Waals surface area contributed by atoms with Crippen LogP contribution in [-0.4, -0.2) is 17.5 Å². The molecule has 0 aliphatic heterocycles. The standard InChI is InChI=1S/C38H51N3O2.BrH/c1-3-5-6-7-8-9-10-11-12-13-14-17-26-43-36-24-19-21-33(28-36)31-41(38(42)4-2)34-23-18-20-32(27-34)29-37-39-30-35-22-15-16-25-40(35)37;/h15-16,18-25,27-28,30H,3-14,17,26,29,31H2,1-2H3;1H. The maximum absolute atomic E-state index is 13.1. The molecule has 0 radical (unpaired) electrons. The normalized spacial score (nSPS) is 11.0. The first kappa shape index (κ1) is 35.4. The van der Waals surface area contributed by atoms with Crippen LogP contribution < -0.4 is 31.0 Å². The van der Waals surface area contributed by atoms with Gasteiger partial charge in [0.15, 0.2) is 5.52 Å². The lowest BCUT2D eigenvalue weighted by Crippen LogP contribution is -3.00. The second kappa shape index (κ2) is 20.0. The summed E-state index contributed by atoms with van der Waals surface area (Å²) in [5.41, 5.74) is 4.29. The number of aromatic amines is 1. The molecule has 0 saturated carbocycles. The number of hydrogen-bond donors (Lipinski definition) is 1. The predicted octanol–water partition coefficient (Wildman–Crippen LogP) is 6.37. The Morgan fingerprint density at radius 1 is 0.773 bits per heavy atom. The Morgan fingerprint density at radius 2 is 1.45 bits per heavy atom. The highest BCUT2D eigenvalue weighted by Crippen LogP contribution is 2.23. The van der Waals surface area contributed by atoms with Gasteiger partial charge in [0.1, 0.15) is 11.9 Å². The Hall–Kier alpha value is -3.12. The molecule has 4 rings (SSSR count). The number of carbonyl (C=O) groups excluding carboxylic acids is 1. The number of halogens is 1. The molecule has 0 fully saturated rings. The van der Waals surface area contributed by atoms with E-state index in [4.69, 9.17) is 4.74 Å². The van der Waals surface area contributed by atoms with Gasteiger partial charge in [0, 0.05) is 12.1 Å². The van der Waals surface area contributed by atoms with E-state index in [1.807, 2.05) is 54.4 Å². The fourth-order valence-corrected chi connectivity index (χ4v) is 5.77. The Morgan fingerprint density at radius 3 is 2.18 bits per heavy atom. The molecule has 0 spiro atoms. The number of ether oxygens (including phenoxy) is 1. The number of benzene rings is 2. The fourth-order valence-electron chi connectivity index (χ4n) is 5.77. The zero-order chi connectivity index (χ0) is 30.1. The number of pyridine rings is 1. The first-order valence-electron chi connectivity index (χ1n) is 16.8. The molecule has 238 valence electrons. The van der Waals surface area contributed by atoms with Crippen molar-refractivity contribution >= 4 is 17.1 Å². The van der Waals surface area contributed by atoms with E-state index in [0.29, 0.717) is 13.0 Å². The molecule has 44 heavy (non-hydrogen) atoms. The molecule has 0 aliphatic rings. The lowest BCUT2D eigenvalue weighted by molar-refractivity contribution is -0.520. The molecule has 6 heteroatoms. The smallest absolute Gasteiger partial charge is 0.263 e. The summed E-state index contributed by atoms with van der Waals surface area (Å²) in [5.74, 6) is 2.10. The third-order valence-corrected chi connectivity index (χ3v) is 8.27.